The number of rotatable bonds is 2. The molecule has 0 aliphatic heterocycles. The van der Waals surface area contributed by atoms with Gasteiger partial charge in [-0.2, -0.15) is 9.83 Å². The van der Waals surface area contributed by atoms with E-state index >= 15 is 0 Å². The molecule has 0 saturated carbocycles. The number of aryl methyl sites for hydroxylation is 1. The zero-order valence-electron chi connectivity index (χ0n) is 24.2. The highest BCUT2D eigenvalue weighted by Crippen LogP contribution is 2.39. The van der Waals surface area contributed by atoms with Crippen molar-refractivity contribution in [1.29, 1.82) is 5.26 Å². The molecule has 0 N–H and O–H groups in total. The summed E-state index contributed by atoms with van der Waals surface area (Å²) in [5, 5.41) is 11.0. The molecule has 0 bridgehead atoms. The molecule has 4 rings (SSSR count). The largest absolute Gasteiger partial charge is 0.455 e. The highest BCUT2D eigenvalue weighted by Gasteiger charge is 2.26. The molecule has 0 spiro atoms. The van der Waals surface area contributed by atoms with Gasteiger partial charge in [0.2, 0.25) is 5.69 Å². The molecule has 0 fully saturated rings. The van der Waals surface area contributed by atoms with Crippen LogP contribution in [0.2, 0.25) is 0 Å². The number of nitriles is 1. The van der Waals surface area contributed by atoms with Gasteiger partial charge in [-0.3, -0.25) is 0 Å². The van der Waals surface area contributed by atoms with Crippen LogP contribution in [0.25, 0.3) is 33.2 Å². The molecule has 3 nitrogen and oxygen atoms in total. The van der Waals surface area contributed by atoms with E-state index in [-0.39, 0.29) is 17.2 Å². The van der Waals surface area contributed by atoms with Gasteiger partial charge in [-0.05, 0) is 48.8 Å². The minimum absolute atomic E-state index is 0.133. The maximum absolute atomic E-state index is 9.67. The smallest absolute Gasteiger partial charge is 0.216 e. The molecular weight excluding hydrogens is 368 g/mol. The van der Waals surface area contributed by atoms with Crippen molar-refractivity contribution in [2.24, 2.45) is 12.5 Å². The lowest BCUT2D eigenvalue weighted by atomic mass is 9.85. The third-order valence-corrected chi connectivity index (χ3v) is 5.42. The van der Waals surface area contributed by atoms with Crippen LogP contribution in [-0.2, 0) is 13.4 Å². The zero-order valence-corrected chi connectivity index (χ0v) is 18.2. The minimum Gasteiger partial charge on any atom is -0.455 e. The highest BCUT2D eigenvalue weighted by molar-refractivity contribution is 6.11. The van der Waals surface area contributed by atoms with Crippen LogP contribution in [0.15, 0.2) is 40.8 Å². The number of furan rings is 1. The van der Waals surface area contributed by atoms with Crippen molar-refractivity contribution in [3.05, 3.63) is 64.3 Å². The first-order valence-electron chi connectivity index (χ1n) is 12.9. The van der Waals surface area contributed by atoms with Crippen molar-refractivity contribution in [3.8, 4) is 17.3 Å². The van der Waals surface area contributed by atoms with Crippen LogP contribution in [0.4, 0.5) is 0 Å². The third-order valence-electron chi connectivity index (χ3n) is 5.42. The van der Waals surface area contributed by atoms with Crippen molar-refractivity contribution in [3.63, 3.8) is 0 Å². The van der Waals surface area contributed by atoms with Gasteiger partial charge in [0.05, 0.1) is 18.6 Å². The van der Waals surface area contributed by atoms with Crippen molar-refractivity contribution >= 4 is 21.9 Å². The Labute approximate surface area is 187 Å². The van der Waals surface area contributed by atoms with Gasteiger partial charge in [-0.15, -0.1) is 0 Å². The van der Waals surface area contributed by atoms with Gasteiger partial charge < -0.3 is 4.42 Å². The lowest BCUT2D eigenvalue weighted by Crippen LogP contribution is -2.36. The SMILES string of the molecule is [2H]c1c(C([2H])([2H])C(C)(C)C)c(C([2H])([2H])[2H])c(C)[n+](C)c1-c1c(C)ccc2c1oc1cccc(C#N)c12. The molecule has 0 radical (unpaired) electrons. The Hall–Kier alpha value is -3.12. The Kier molecular flexibility index (Phi) is 3.26. The normalized spacial score (nSPS) is 15.8. The average molecular weight is 404 g/mol. The molecule has 0 saturated heterocycles. The first-order valence-corrected chi connectivity index (χ1v) is 9.93. The molecule has 2 aromatic heterocycles. The number of pyridine rings is 1. The Balaban J connectivity index is 2.25. The fraction of sp³-hybridized carbons (Fsp3) is 0.333. The lowest BCUT2D eigenvalue weighted by Gasteiger charge is -2.20. The molecular formula is C27H29N2O+. The van der Waals surface area contributed by atoms with Crippen molar-refractivity contribution in [2.75, 3.05) is 0 Å². The fourth-order valence-electron chi connectivity index (χ4n) is 3.86. The van der Waals surface area contributed by atoms with E-state index in [1.54, 1.807) is 57.5 Å². The maximum atomic E-state index is 9.67. The van der Waals surface area contributed by atoms with Crippen molar-refractivity contribution in [1.82, 2.24) is 0 Å². The zero-order chi connectivity index (χ0) is 27.0. The summed E-state index contributed by atoms with van der Waals surface area (Å²) in [4.78, 5) is 0. The van der Waals surface area contributed by atoms with E-state index in [2.05, 4.69) is 6.07 Å². The van der Waals surface area contributed by atoms with Gasteiger partial charge in [0.15, 0.2) is 5.69 Å². The summed E-state index contributed by atoms with van der Waals surface area (Å²) in [6, 6.07) is 11.0. The number of hydrogen-bond donors (Lipinski definition) is 0. The summed E-state index contributed by atoms with van der Waals surface area (Å²) < 4.78 is 59.8. The Bertz CT molecular complexity index is 1580. The molecule has 0 aliphatic rings. The van der Waals surface area contributed by atoms with Gasteiger partial charge >= 0.3 is 0 Å². The first kappa shape index (κ1) is 14.0. The van der Waals surface area contributed by atoms with E-state index in [9.17, 15) is 6.63 Å². The van der Waals surface area contributed by atoms with Crippen LogP contribution in [0.1, 0.15) is 56.9 Å². The third kappa shape index (κ3) is 3.17. The summed E-state index contributed by atoms with van der Waals surface area (Å²) in [6.07, 6.45) is -2.12. The molecule has 0 unspecified atom stereocenters. The van der Waals surface area contributed by atoms with E-state index in [1.165, 1.54) is 0 Å². The molecule has 0 aliphatic carbocycles. The molecule has 3 heteroatoms. The second-order valence-corrected chi connectivity index (χ2v) is 8.77. The minimum atomic E-state index is -2.62. The number of fused-ring (bicyclic) bond motifs is 3. The van der Waals surface area contributed by atoms with Gasteiger partial charge in [-0.1, -0.05) is 39.0 Å². The monoisotopic (exact) mass is 403 g/mol. The Morgan fingerprint density at radius 1 is 1.23 bits per heavy atom. The van der Waals surface area contributed by atoms with E-state index in [0.717, 1.165) is 5.56 Å². The van der Waals surface area contributed by atoms with Crippen LogP contribution in [0, 0.1) is 37.4 Å². The Morgan fingerprint density at radius 2 is 2.00 bits per heavy atom. The van der Waals surface area contributed by atoms with Gasteiger partial charge in [0.25, 0.3) is 0 Å². The average Bonchev–Trinajstić information content (AvgIpc) is 3.14. The number of nitrogens with zero attached hydrogens (tertiary/aromatic N) is 2. The highest BCUT2D eigenvalue weighted by atomic mass is 16.3. The molecule has 152 valence electrons. The number of hydrogen-bond acceptors (Lipinski definition) is 2. The van der Waals surface area contributed by atoms with Crippen molar-refractivity contribution in [2.45, 2.75) is 47.8 Å². The molecule has 0 amide bonds. The van der Waals surface area contributed by atoms with E-state index in [0.29, 0.717) is 44.5 Å². The van der Waals surface area contributed by atoms with Crippen LogP contribution in [-0.4, -0.2) is 0 Å². The van der Waals surface area contributed by atoms with Crippen LogP contribution >= 0.6 is 0 Å². The lowest BCUT2D eigenvalue weighted by molar-refractivity contribution is -0.667. The summed E-state index contributed by atoms with van der Waals surface area (Å²) in [5.74, 6) is 0. The van der Waals surface area contributed by atoms with Crippen LogP contribution < -0.4 is 4.57 Å². The predicted molar refractivity (Wildman–Crippen MR) is 122 cm³/mol. The predicted octanol–water partition coefficient (Wildman–Crippen LogP) is 6.46. The second-order valence-electron chi connectivity index (χ2n) is 8.77. The fourth-order valence-corrected chi connectivity index (χ4v) is 3.86. The maximum Gasteiger partial charge on any atom is 0.216 e. The summed E-state index contributed by atoms with van der Waals surface area (Å²) in [5.41, 5.74) is 2.30. The Morgan fingerprint density at radius 3 is 2.67 bits per heavy atom. The van der Waals surface area contributed by atoms with E-state index < -0.39 is 18.6 Å². The number of aromatic nitrogens is 1. The first-order chi connectivity index (χ1) is 16.5. The van der Waals surface area contributed by atoms with Crippen LogP contribution in [0.3, 0.4) is 0 Å². The molecule has 0 atom stereocenters. The summed E-state index contributed by atoms with van der Waals surface area (Å²) in [6.45, 7) is 6.00. The molecule has 2 aromatic carbocycles. The van der Waals surface area contributed by atoms with E-state index in [4.69, 9.17) is 11.3 Å². The number of benzene rings is 2. The van der Waals surface area contributed by atoms with Gasteiger partial charge in [-0.25, -0.2) is 0 Å². The van der Waals surface area contributed by atoms with Crippen molar-refractivity contribution < 1.29 is 17.2 Å². The quantitative estimate of drug-likeness (QED) is 0.360. The summed E-state index contributed by atoms with van der Waals surface area (Å²) >= 11 is 0. The van der Waals surface area contributed by atoms with Gasteiger partial charge in [0.1, 0.15) is 18.2 Å². The van der Waals surface area contributed by atoms with Crippen LogP contribution in [0.5, 0.6) is 0 Å². The standard InChI is InChI=1S/C27H29N2O/c1-16-11-12-21-25-19(15-28)9-8-10-23(25)30-26(21)24(16)22-13-20(14-27(4,5)6)17(2)18(3)29(22)7/h8-13H,14H2,1-7H3/q+1/i2D3,13D,14D2. The van der Waals surface area contributed by atoms with Gasteiger partial charge in [0, 0.05) is 36.2 Å². The molecule has 30 heavy (non-hydrogen) atoms. The second kappa shape index (κ2) is 6.99. The van der Waals surface area contributed by atoms with E-state index in [1.807, 2.05) is 19.1 Å². The molecule has 4 aromatic rings. The topological polar surface area (TPSA) is 40.8 Å². The molecule has 2 heterocycles. The summed E-state index contributed by atoms with van der Waals surface area (Å²) in [7, 11) is 1.69.